The molecule has 7 aliphatic rings. The van der Waals surface area contributed by atoms with Gasteiger partial charge in [0.15, 0.2) is 6.17 Å². The molecule has 4 unspecified atom stereocenters. The van der Waals surface area contributed by atoms with E-state index in [0.29, 0.717) is 6.04 Å². The SMILES string of the molecule is CCCN1C(=O)N2CC(CC)NC2=C2NC(C34CC5CC(CC3C5)C4)=NC21. The van der Waals surface area contributed by atoms with Crippen LogP contribution in [-0.2, 0) is 0 Å². The van der Waals surface area contributed by atoms with Crippen molar-refractivity contribution in [2.24, 2.45) is 28.2 Å². The third-order valence-corrected chi connectivity index (χ3v) is 8.22. The topological polar surface area (TPSA) is 60.0 Å². The maximum atomic E-state index is 13.2. The van der Waals surface area contributed by atoms with Gasteiger partial charge in [0.25, 0.3) is 0 Å². The summed E-state index contributed by atoms with van der Waals surface area (Å²) < 4.78 is 0. The number of carbonyl (C=O) groups excluding carboxylic acids is 1. The molecule has 4 bridgehead atoms. The van der Waals surface area contributed by atoms with Crippen LogP contribution in [0.2, 0.25) is 0 Å². The van der Waals surface area contributed by atoms with Crippen LogP contribution in [0.1, 0.15) is 58.8 Å². The van der Waals surface area contributed by atoms with Crippen LogP contribution in [0.15, 0.2) is 16.5 Å². The first-order chi connectivity index (χ1) is 13.1. The first kappa shape index (κ1) is 16.3. The van der Waals surface area contributed by atoms with E-state index in [9.17, 15) is 4.79 Å². The average Bonchev–Trinajstić information content (AvgIpc) is 3.38. The summed E-state index contributed by atoms with van der Waals surface area (Å²) in [5.74, 6) is 4.83. The molecule has 2 N–H and O–H groups in total. The Morgan fingerprint density at radius 1 is 1.19 bits per heavy atom. The molecule has 4 atom stereocenters. The van der Waals surface area contributed by atoms with Gasteiger partial charge in [-0.05, 0) is 62.7 Å². The summed E-state index contributed by atoms with van der Waals surface area (Å²) in [7, 11) is 0. The number of nitrogens with zero attached hydrogens (tertiary/aromatic N) is 3. The quantitative estimate of drug-likeness (QED) is 0.801. The van der Waals surface area contributed by atoms with Crippen LogP contribution in [-0.4, -0.2) is 47.0 Å². The Kier molecular flexibility index (Phi) is 3.26. The fraction of sp³-hybridized carbons (Fsp3) is 0.810. The maximum Gasteiger partial charge on any atom is 0.327 e. The van der Waals surface area contributed by atoms with Crippen molar-refractivity contribution in [3.8, 4) is 0 Å². The number of carbonyl (C=O) groups is 1. The predicted octanol–water partition coefficient (Wildman–Crippen LogP) is 2.84. The Hall–Kier alpha value is -1.72. The molecule has 7 rings (SSSR count). The van der Waals surface area contributed by atoms with E-state index in [1.54, 1.807) is 0 Å². The first-order valence-electron chi connectivity index (χ1n) is 11.1. The molecule has 27 heavy (non-hydrogen) atoms. The predicted molar refractivity (Wildman–Crippen MR) is 104 cm³/mol. The van der Waals surface area contributed by atoms with E-state index in [1.807, 2.05) is 9.80 Å². The lowest BCUT2D eigenvalue weighted by atomic mass is 9.74. The van der Waals surface area contributed by atoms with E-state index >= 15 is 0 Å². The van der Waals surface area contributed by atoms with Crippen molar-refractivity contribution in [2.45, 2.75) is 71.0 Å². The molecule has 0 spiro atoms. The molecule has 6 nitrogen and oxygen atoms in total. The van der Waals surface area contributed by atoms with Gasteiger partial charge in [0, 0.05) is 24.5 Å². The van der Waals surface area contributed by atoms with E-state index in [4.69, 9.17) is 4.99 Å². The van der Waals surface area contributed by atoms with Crippen LogP contribution in [0.4, 0.5) is 4.79 Å². The number of nitrogens with one attached hydrogen (secondary N) is 2. The zero-order valence-electron chi connectivity index (χ0n) is 16.5. The van der Waals surface area contributed by atoms with Gasteiger partial charge in [-0.1, -0.05) is 13.8 Å². The van der Waals surface area contributed by atoms with Crippen LogP contribution in [0.3, 0.4) is 0 Å². The zero-order chi connectivity index (χ0) is 18.3. The number of fused-ring (bicyclic) bond motifs is 2. The van der Waals surface area contributed by atoms with E-state index < -0.39 is 0 Å². The lowest BCUT2D eigenvalue weighted by Gasteiger charge is -2.36. The first-order valence-corrected chi connectivity index (χ1v) is 11.1. The van der Waals surface area contributed by atoms with Crippen molar-refractivity contribution >= 4 is 11.9 Å². The fourth-order valence-electron chi connectivity index (χ4n) is 7.23. The van der Waals surface area contributed by atoms with Crippen LogP contribution in [0.5, 0.6) is 0 Å². The minimum Gasteiger partial charge on any atom is -0.365 e. The smallest absolute Gasteiger partial charge is 0.327 e. The number of hydrogen-bond donors (Lipinski definition) is 2. The molecule has 146 valence electrons. The number of amides is 2. The highest BCUT2D eigenvalue weighted by Gasteiger charge is 2.62. The third kappa shape index (κ3) is 2.02. The van der Waals surface area contributed by atoms with Crippen molar-refractivity contribution in [1.29, 1.82) is 0 Å². The summed E-state index contributed by atoms with van der Waals surface area (Å²) >= 11 is 0. The van der Waals surface area contributed by atoms with Crippen molar-refractivity contribution in [2.75, 3.05) is 13.1 Å². The molecule has 5 fully saturated rings. The molecule has 3 aliphatic heterocycles. The summed E-state index contributed by atoms with van der Waals surface area (Å²) in [5.41, 5.74) is 1.40. The fourth-order valence-corrected chi connectivity index (χ4v) is 7.23. The molecule has 4 saturated carbocycles. The van der Waals surface area contributed by atoms with E-state index in [2.05, 4.69) is 24.5 Å². The largest absolute Gasteiger partial charge is 0.365 e. The summed E-state index contributed by atoms with van der Waals surface area (Å²) in [6.45, 7) is 5.88. The Balaban J connectivity index is 1.40. The second-order valence-electron chi connectivity index (χ2n) is 9.78. The second kappa shape index (κ2) is 5.42. The molecular weight excluding hydrogens is 338 g/mol. The normalized spacial score (nSPS) is 43.9. The van der Waals surface area contributed by atoms with Gasteiger partial charge in [-0.15, -0.1) is 0 Å². The monoisotopic (exact) mass is 369 g/mol. The molecule has 3 heterocycles. The molecule has 0 aromatic rings. The summed E-state index contributed by atoms with van der Waals surface area (Å²) in [4.78, 5) is 22.4. The van der Waals surface area contributed by atoms with E-state index in [1.165, 1.54) is 37.9 Å². The number of urea groups is 1. The summed E-state index contributed by atoms with van der Waals surface area (Å²) in [6, 6.07) is 0.478. The second-order valence-corrected chi connectivity index (χ2v) is 9.78. The Labute approximate surface area is 161 Å². The molecule has 6 heteroatoms. The Bertz CT molecular complexity index is 744. The van der Waals surface area contributed by atoms with Crippen LogP contribution < -0.4 is 10.6 Å². The highest BCUT2D eigenvalue weighted by Crippen LogP contribution is 2.66. The lowest BCUT2D eigenvalue weighted by Crippen LogP contribution is -2.53. The number of amidine groups is 1. The minimum absolute atomic E-state index is 0.130. The molecule has 2 amide bonds. The van der Waals surface area contributed by atoms with Crippen LogP contribution >= 0.6 is 0 Å². The Morgan fingerprint density at radius 2 is 1.96 bits per heavy atom. The van der Waals surface area contributed by atoms with Crippen molar-refractivity contribution in [3.63, 3.8) is 0 Å². The van der Waals surface area contributed by atoms with Crippen molar-refractivity contribution in [1.82, 2.24) is 20.4 Å². The maximum absolute atomic E-state index is 13.2. The van der Waals surface area contributed by atoms with E-state index in [0.717, 1.165) is 55.2 Å². The molecule has 1 saturated heterocycles. The van der Waals surface area contributed by atoms with Gasteiger partial charge in [-0.25, -0.2) is 9.79 Å². The molecule has 0 radical (unpaired) electrons. The molecule has 0 aromatic heterocycles. The van der Waals surface area contributed by atoms with Crippen LogP contribution in [0, 0.1) is 23.2 Å². The lowest BCUT2D eigenvalue weighted by molar-refractivity contribution is 0.146. The van der Waals surface area contributed by atoms with Gasteiger partial charge >= 0.3 is 6.03 Å². The Morgan fingerprint density at radius 3 is 2.67 bits per heavy atom. The van der Waals surface area contributed by atoms with E-state index in [-0.39, 0.29) is 17.6 Å². The van der Waals surface area contributed by atoms with Crippen LogP contribution in [0.25, 0.3) is 0 Å². The molecule has 0 aromatic carbocycles. The zero-order valence-corrected chi connectivity index (χ0v) is 16.5. The summed E-state index contributed by atoms with van der Waals surface area (Å²) in [5, 5.41) is 7.41. The highest BCUT2D eigenvalue weighted by molar-refractivity contribution is 5.95. The van der Waals surface area contributed by atoms with Gasteiger partial charge in [-0.2, -0.15) is 0 Å². The third-order valence-electron chi connectivity index (χ3n) is 8.22. The van der Waals surface area contributed by atoms with Gasteiger partial charge in [0.1, 0.15) is 17.4 Å². The molecular formula is C21H31N5O. The van der Waals surface area contributed by atoms with Gasteiger partial charge in [0.05, 0.1) is 0 Å². The highest BCUT2D eigenvalue weighted by atomic mass is 16.2. The number of hydrogen-bond acceptors (Lipinski definition) is 4. The van der Waals surface area contributed by atoms with Crippen molar-refractivity contribution < 1.29 is 4.79 Å². The minimum atomic E-state index is -0.144. The number of rotatable bonds is 4. The standard InChI is InChI=1S/C21H31N5O/c1-3-5-25-18-16(17-22-15(4-2)11-26(17)20(25)27)23-19(24-18)21-9-12-6-13(10-21)8-14(21)7-12/h12-15,18,22H,3-11H2,1-2H3,(H,23,24). The van der Waals surface area contributed by atoms with Gasteiger partial charge in [0.2, 0.25) is 0 Å². The van der Waals surface area contributed by atoms with Gasteiger partial charge in [-0.3, -0.25) is 9.80 Å². The molecule has 4 aliphatic carbocycles. The number of aliphatic imine (C=N–C) groups is 1. The van der Waals surface area contributed by atoms with Crippen molar-refractivity contribution in [3.05, 3.63) is 11.5 Å². The summed E-state index contributed by atoms with van der Waals surface area (Å²) in [6.07, 6.45) is 8.71. The average molecular weight is 370 g/mol. The van der Waals surface area contributed by atoms with Gasteiger partial charge < -0.3 is 10.6 Å².